The number of nitrogens with zero attached hydrogens (tertiary/aromatic N) is 1. The predicted octanol–water partition coefficient (Wildman–Crippen LogP) is 3.43. The van der Waals surface area contributed by atoms with Gasteiger partial charge >= 0.3 is 7.60 Å². The third kappa shape index (κ3) is 4.87. The van der Waals surface area contributed by atoms with Crippen molar-refractivity contribution < 1.29 is 28.3 Å². The Kier molecular flexibility index (Phi) is 7.43. The number of benzene rings is 1. The third-order valence-corrected chi connectivity index (χ3v) is 6.97. The molecule has 10 heteroatoms. The number of ether oxygens (including phenoxy) is 1. The Bertz CT molecular complexity index is 906. The molecule has 1 heterocycles. The first kappa shape index (κ1) is 21.9. The van der Waals surface area contributed by atoms with Crippen LogP contribution in [0.15, 0.2) is 17.6 Å². The summed E-state index contributed by atoms with van der Waals surface area (Å²) in [6, 6.07) is 3.39. The van der Waals surface area contributed by atoms with Gasteiger partial charge in [-0.15, -0.1) is 11.3 Å². The molecule has 8 nitrogen and oxygen atoms in total. The molecule has 1 aromatic carbocycles. The monoisotopic (exact) mass is 440 g/mol. The molecular weight excluding hydrogens is 415 g/mol. The van der Waals surface area contributed by atoms with E-state index in [1.165, 1.54) is 11.3 Å². The van der Waals surface area contributed by atoms with E-state index in [4.69, 9.17) is 18.9 Å². The molecule has 1 aliphatic carbocycles. The summed E-state index contributed by atoms with van der Waals surface area (Å²) in [5, 5.41) is 11.7. The molecule has 158 valence electrons. The Labute approximate surface area is 173 Å². The Morgan fingerprint density at radius 1 is 1.31 bits per heavy atom. The fourth-order valence-corrected chi connectivity index (χ4v) is 5.28. The topological polar surface area (TPSA) is 107 Å². The number of fused-ring (bicyclic) bond motifs is 3. The summed E-state index contributed by atoms with van der Waals surface area (Å²) < 4.78 is 29.2. The van der Waals surface area contributed by atoms with Gasteiger partial charge in [0.05, 0.1) is 24.4 Å². The maximum absolute atomic E-state index is 12.7. The van der Waals surface area contributed by atoms with Gasteiger partial charge in [-0.05, 0) is 38.0 Å². The molecule has 0 aliphatic heterocycles. The lowest BCUT2D eigenvalue weighted by molar-refractivity contribution is 0.0950. The summed E-state index contributed by atoms with van der Waals surface area (Å²) in [6.45, 7) is 4.41. The molecule has 3 rings (SSSR count). The van der Waals surface area contributed by atoms with Gasteiger partial charge in [-0.2, -0.15) is 0 Å². The van der Waals surface area contributed by atoms with Gasteiger partial charge < -0.3 is 24.2 Å². The van der Waals surface area contributed by atoms with Crippen LogP contribution in [0.2, 0.25) is 0 Å². The van der Waals surface area contributed by atoms with Crippen LogP contribution in [0.3, 0.4) is 0 Å². The van der Waals surface area contributed by atoms with Crippen LogP contribution in [0.1, 0.15) is 41.1 Å². The van der Waals surface area contributed by atoms with E-state index in [1.54, 1.807) is 31.5 Å². The zero-order valence-corrected chi connectivity index (χ0v) is 18.2. The van der Waals surface area contributed by atoms with E-state index < -0.39 is 7.60 Å². The second-order valence-electron chi connectivity index (χ2n) is 6.32. The lowest BCUT2D eigenvalue weighted by Gasteiger charge is -2.19. The van der Waals surface area contributed by atoms with Crippen LogP contribution >= 0.6 is 18.9 Å². The second-order valence-corrected chi connectivity index (χ2v) is 9.25. The molecule has 1 amide bonds. The number of aromatic nitrogens is 1. The lowest BCUT2D eigenvalue weighted by Crippen LogP contribution is -2.26. The highest BCUT2D eigenvalue weighted by atomic mass is 32.1. The summed E-state index contributed by atoms with van der Waals surface area (Å²) >= 11 is 1.52. The van der Waals surface area contributed by atoms with Gasteiger partial charge in [0, 0.05) is 35.6 Å². The van der Waals surface area contributed by atoms with Crippen LogP contribution in [0.25, 0.3) is 11.3 Å². The van der Waals surface area contributed by atoms with Crippen LogP contribution in [0.4, 0.5) is 0 Å². The molecule has 0 bridgehead atoms. The van der Waals surface area contributed by atoms with E-state index in [0.717, 1.165) is 21.7 Å². The first-order valence-electron chi connectivity index (χ1n) is 9.51. The van der Waals surface area contributed by atoms with Gasteiger partial charge in [0.25, 0.3) is 5.91 Å². The van der Waals surface area contributed by atoms with Crippen molar-refractivity contribution in [3.8, 4) is 17.0 Å². The highest BCUT2D eigenvalue weighted by molar-refractivity contribution is 7.53. The van der Waals surface area contributed by atoms with E-state index in [0.29, 0.717) is 30.7 Å². The molecule has 0 saturated carbocycles. The van der Waals surface area contributed by atoms with E-state index in [9.17, 15) is 9.36 Å². The predicted molar refractivity (Wildman–Crippen MR) is 111 cm³/mol. The van der Waals surface area contributed by atoms with Crippen molar-refractivity contribution in [1.29, 1.82) is 0 Å². The molecule has 0 saturated heterocycles. The maximum atomic E-state index is 12.7. The highest BCUT2D eigenvalue weighted by Crippen LogP contribution is 2.50. The summed E-state index contributed by atoms with van der Waals surface area (Å²) in [5.74, 6) is 0.293. The van der Waals surface area contributed by atoms with Crippen molar-refractivity contribution in [3.05, 3.63) is 33.6 Å². The van der Waals surface area contributed by atoms with Gasteiger partial charge in [-0.25, -0.2) is 4.98 Å². The minimum absolute atomic E-state index is 0.0199. The number of rotatable bonds is 11. The molecule has 2 N–H and O–H groups in total. The zero-order valence-electron chi connectivity index (χ0n) is 16.5. The molecular formula is C19H25N2O6PS. The molecule has 0 unspecified atom stereocenters. The van der Waals surface area contributed by atoms with Gasteiger partial charge in [-0.3, -0.25) is 9.36 Å². The molecule has 0 atom stereocenters. The van der Waals surface area contributed by atoms with Gasteiger partial charge in [0.15, 0.2) is 6.35 Å². The average molecular weight is 440 g/mol. The molecule has 0 radical (unpaired) electrons. The number of amides is 1. The van der Waals surface area contributed by atoms with Crippen molar-refractivity contribution in [2.45, 2.75) is 26.7 Å². The smallest absolute Gasteiger partial charge is 0.367 e. The van der Waals surface area contributed by atoms with Crippen molar-refractivity contribution in [2.24, 2.45) is 0 Å². The number of carbonyl (C=O) groups excluding carboxylic acids is 1. The van der Waals surface area contributed by atoms with Crippen LogP contribution in [0, 0.1) is 0 Å². The van der Waals surface area contributed by atoms with Crippen molar-refractivity contribution in [1.82, 2.24) is 10.3 Å². The first-order valence-corrected chi connectivity index (χ1v) is 12.1. The lowest BCUT2D eigenvalue weighted by atomic mass is 10.0. The number of hydrogen-bond donors (Lipinski definition) is 2. The third-order valence-electron chi connectivity index (χ3n) is 4.38. The molecule has 0 spiro atoms. The maximum Gasteiger partial charge on any atom is 0.367 e. The van der Waals surface area contributed by atoms with E-state index in [-0.39, 0.29) is 32.1 Å². The number of thiazole rings is 1. The second kappa shape index (κ2) is 9.82. The van der Waals surface area contributed by atoms with Gasteiger partial charge in [-0.1, -0.05) is 0 Å². The van der Waals surface area contributed by atoms with Crippen LogP contribution in [-0.4, -0.2) is 48.7 Å². The zero-order chi connectivity index (χ0) is 20.9. The van der Waals surface area contributed by atoms with Gasteiger partial charge in [0.1, 0.15) is 5.75 Å². The standard InChI is InChI=1S/C19H25N2O6PS/c1-3-26-28(24,27-4-2)12-25-15-7-6-13(19(23)20-8-5-9-22)14-10-16-18(17(14)15)21-11-29-16/h6-7,11,22H,3-5,8-10,12H2,1-2H3,(H,20,23). The Balaban J connectivity index is 1.89. The molecule has 1 aromatic heterocycles. The van der Waals surface area contributed by atoms with E-state index in [1.807, 2.05) is 0 Å². The summed E-state index contributed by atoms with van der Waals surface area (Å²) in [7, 11) is -3.37. The number of nitrogens with one attached hydrogen (secondary N) is 1. The highest BCUT2D eigenvalue weighted by Gasteiger charge is 2.31. The summed E-state index contributed by atoms with van der Waals surface area (Å²) in [5.41, 5.74) is 4.67. The van der Waals surface area contributed by atoms with E-state index in [2.05, 4.69) is 10.3 Å². The summed E-state index contributed by atoms with van der Waals surface area (Å²) in [4.78, 5) is 18.1. The van der Waals surface area contributed by atoms with Gasteiger partial charge in [0.2, 0.25) is 0 Å². The number of hydrogen-bond acceptors (Lipinski definition) is 8. The van der Waals surface area contributed by atoms with Crippen LogP contribution in [-0.2, 0) is 20.0 Å². The largest absolute Gasteiger partial charge is 0.480 e. The number of carbonyl (C=O) groups is 1. The Morgan fingerprint density at radius 2 is 2.07 bits per heavy atom. The minimum Gasteiger partial charge on any atom is -0.480 e. The fraction of sp³-hybridized carbons (Fsp3) is 0.474. The average Bonchev–Trinajstić information content (AvgIpc) is 3.28. The Morgan fingerprint density at radius 3 is 2.76 bits per heavy atom. The van der Waals surface area contributed by atoms with E-state index >= 15 is 0 Å². The molecule has 2 aromatic rings. The van der Waals surface area contributed by atoms with Crippen LogP contribution in [0.5, 0.6) is 5.75 Å². The van der Waals surface area contributed by atoms with Crippen molar-refractivity contribution >= 4 is 24.8 Å². The fourth-order valence-electron chi connectivity index (χ4n) is 3.19. The summed E-state index contributed by atoms with van der Waals surface area (Å²) in [6.07, 6.45) is 0.862. The van der Waals surface area contributed by atoms with Crippen LogP contribution < -0.4 is 10.1 Å². The molecule has 1 aliphatic rings. The first-order chi connectivity index (χ1) is 14.0. The number of aliphatic hydroxyl groups excluding tert-OH is 1. The Hall–Kier alpha value is -1.77. The van der Waals surface area contributed by atoms with Crippen molar-refractivity contribution in [2.75, 3.05) is 32.7 Å². The normalized spacial score (nSPS) is 12.5. The molecule has 0 fully saturated rings. The van der Waals surface area contributed by atoms with Crippen molar-refractivity contribution in [3.63, 3.8) is 0 Å². The number of aliphatic hydroxyl groups is 1. The SMILES string of the molecule is CCOP(=O)(COc1ccc(C(=O)NCCCO)c2c1-c1ncsc1C2)OCC. The molecule has 29 heavy (non-hydrogen) atoms. The minimum atomic E-state index is -3.37. The quantitative estimate of drug-likeness (QED) is 0.347.